The van der Waals surface area contributed by atoms with Crippen molar-refractivity contribution in [3.8, 4) is 11.4 Å². The topological polar surface area (TPSA) is 80.6 Å². The highest BCUT2D eigenvalue weighted by Gasteiger charge is 2.28. The van der Waals surface area contributed by atoms with Gasteiger partial charge in [0.05, 0.1) is 12.7 Å². The lowest BCUT2D eigenvalue weighted by Crippen LogP contribution is -2.44. The number of rotatable bonds is 5. The van der Waals surface area contributed by atoms with Crippen molar-refractivity contribution < 1.29 is 14.3 Å². The molecule has 1 aliphatic heterocycles. The summed E-state index contributed by atoms with van der Waals surface area (Å²) in [5.74, 6) is 0.559. The highest BCUT2D eigenvalue weighted by molar-refractivity contribution is 5.94. The van der Waals surface area contributed by atoms with Gasteiger partial charge < -0.3 is 15.0 Å². The number of hydrogen-bond donors (Lipinski definition) is 1. The van der Waals surface area contributed by atoms with Gasteiger partial charge in [-0.15, -0.1) is 0 Å². The molecule has 1 aliphatic rings. The van der Waals surface area contributed by atoms with E-state index < -0.39 is 0 Å². The first kappa shape index (κ1) is 20.6. The van der Waals surface area contributed by atoms with E-state index in [1.54, 1.807) is 48.5 Å². The van der Waals surface area contributed by atoms with Crippen LogP contribution in [-0.2, 0) is 4.79 Å². The van der Waals surface area contributed by atoms with Crippen LogP contribution >= 0.6 is 0 Å². The molecule has 3 rings (SSSR count). The van der Waals surface area contributed by atoms with E-state index in [9.17, 15) is 14.4 Å². The van der Waals surface area contributed by atoms with E-state index in [1.807, 2.05) is 13.8 Å². The van der Waals surface area contributed by atoms with Gasteiger partial charge in [-0.2, -0.15) is 0 Å². The van der Waals surface area contributed by atoms with Gasteiger partial charge in [0.15, 0.2) is 0 Å². The second kappa shape index (κ2) is 8.94. The number of hydrogen-bond acceptors (Lipinski definition) is 4. The second-order valence-corrected chi connectivity index (χ2v) is 7.55. The molecule has 1 saturated heterocycles. The summed E-state index contributed by atoms with van der Waals surface area (Å²) >= 11 is 0. The van der Waals surface area contributed by atoms with Gasteiger partial charge in [-0.25, -0.2) is 0 Å². The molecule has 0 radical (unpaired) electrons. The first-order valence-electron chi connectivity index (χ1n) is 9.86. The van der Waals surface area contributed by atoms with Crippen LogP contribution in [0.25, 0.3) is 5.69 Å². The lowest BCUT2D eigenvalue weighted by Gasteiger charge is -2.31. The van der Waals surface area contributed by atoms with Crippen LogP contribution in [0, 0.1) is 5.92 Å². The number of amides is 2. The molecular formula is C22H27N3O4. The molecule has 0 unspecified atom stereocenters. The average molecular weight is 397 g/mol. The third-order valence-electron chi connectivity index (χ3n) is 5.09. The highest BCUT2D eigenvalue weighted by atomic mass is 16.5. The minimum Gasteiger partial charge on any atom is -0.497 e. The van der Waals surface area contributed by atoms with Crippen molar-refractivity contribution >= 4 is 11.8 Å². The summed E-state index contributed by atoms with van der Waals surface area (Å²) in [4.78, 5) is 39.2. The lowest BCUT2D eigenvalue weighted by atomic mass is 9.95. The minimum atomic E-state index is -0.212. The summed E-state index contributed by atoms with van der Waals surface area (Å²) in [7, 11) is 1.58. The predicted octanol–water partition coefficient (Wildman–Crippen LogP) is 2.22. The molecule has 0 spiro atoms. The Hall–Kier alpha value is -3.09. The standard InChI is InChI=1S/C22H27N3O4/c1-15(2)23-21(27)16-10-12-24(13-11-16)22(28)17-4-9-20(26)25(14-17)18-5-7-19(29-3)8-6-18/h4-9,14-16H,10-13H2,1-3H3,(H,23,27). The summed E-state index contributed by atoms with van der Waals surface area (Å²) in [6.45, 7) is 4.93. The average Bonchev–Trinajstić information content (AvgIpc) is 2.73. The first-order chi connectivity index (χ1) is 13.9. The number of methoxy groups -OCH3 is 1. The molecule has 0 atom stereocenters. The SMILES string of the molecule is COc1ccc(-n2cc(C(=O)N3CCC(C(=O)NC(C)C)CC3)ccc2=O)cc1. The highest BCUT2D eigenvalue weighted by Crippen LogP contribution is 2.20. The number of carbonyl (C=O) groups is 2. The van der Waals surface area contributed by atoms with E-state index in [4.69, 9.17) is 4.74 Å². The molecule has 1 N–H and O–H groups in total. The molecule has 0 saturated carbocycles. The number of carbonyl (C=O) groups excluding carboxylic acids is 2. The van der Waals surface area contributed by atoms with Crippen molar-refractivity contribution in [3.05, 3.63) is 58.5 Å². The largest absolute Gasteiger partial charge is 0.497 e. The molecule has 7 nitrogen and oxygen atoms in total. The van der Waals surface area contributed by atoms with Gasteiger partial charge in [0.1, 0.15) is 5.75 Å². The number of nitrogens with one attached hydrogen (secondary N) is 1. The third kappa shape index (κ3) is 4.85. The van der Waals surface area contributed by atoms with Gasteiger partial charge in [0.25, 0.3) is 11.5 Å². The van der Waals surface area contributed by atoms with Gasteiger partial charge in [0, 0.05) is 43.0 Å². The second-order valence-electron chi connectivity index (χ2n) is 7.55. The van der Waals surface area contributed by atoms with Crippen LogP contribution in [0.5, 0.6) is 5.75 Å². The van der Waals surface area contributed by atoms with E-state index in [0.717, 1.165) is 0 Å². The Morgan fingerprint density at radius 1 is 1.07 bits per heavy atom. The number of aromatic nitrogens is 1. The molecular weight excluding hydrogens is 370 g/mol. The van der Waals surface area contributed by atoms with Gasteiger partial charge in [-0.1, -0.05) is 0 Å². The maximum atomic E-state index is 12.9. The van der Waals surface area contributed by atoms with Crippen molar-refractivity contribution in [3.63, 3.8) is 0 Å². The molecule has 1 aromatic carbocycles. The number of ether oxygens (including phenoxy) is 1. The molecule has 1 aromatic heterocycles. The molecule has 29 heavy (non-hydrogen) atoms. The van der Waals surface area contributed by atoms with E-state index in [-0.39, 0.29) is 29.3 Å². The summed E-state index contributed by atoms with van der Waals surface area (Å²) in [6.07, 6.45) is 2.86. The van der Waals surface area contributed by atoms with Crippen molar-refractivity contribution in [2.45, 2.75) is 32.7 Å². The quantitative estimate of drug-likeness (QED) is 0.839. The van der Waals surface area contributed by atoms with Crippen molar-refractivity contribution in [2.75, 3.05) is 20.2 Å². The van der Waals surface area contributed by atoms with E-state index >= 15 is 0 Å². The maximum Gasteiger partial charge on any atom is 0.255 e. The van der Waals surface area contributed by atoms with Gasteiger partial charge in [0.2, 0.25) is 5.91 Å². The van der Waals surface area contributed by atoms with Crippen molar-refractivity contribution in [1.82, 2.24) is 14.8 Å². The molecule has 0 aliphatic carbocycles. The van der Waals surface area contributed by atoms with Crippen molar-refractivity contribution in [1.29, 1.82) is 0 Å². The molecule has 154 valence electrons. The van der Waals surface area contributed by atoms with Gasteiger partial charge in [-0.05, 0) is 57.0 Å². The molecule has 2 amide bonds. The predicted molar refractivity (Wildman–Crippen MR) is 110 cm³/mol. The Morgan fingerprint density at radius 3 is 2.31 bits per heavy atom. The Balaban J connectivity index is 1.72. The number of benzene rings is 1. The molecule has 2 heterocycles. The number of nitrogens with zero attached hydrogens (tertiary/aromatic N) is 2. The van der Waals surface area contributed by atoms with E-state index in [1.165, 1.54) is 10.6 Å². The van der Waals surface area contributed by atoms with E-state index in [2.05, 4.69) is 5.32 Å². The zero-order chi connectivity index (χ0) is 21.0. The number of pyridine rings is 1. The number of piperidine rings is 1. The zero-order valence-corrected chi connectivity index (χ0v) is 17.1. The fourth-order valence-corrected chi connectivity index (χ4v) is 3.49. The summed E-state index contributed by atoms with van der Waals surface area (Å²) < 4.78 is 6.60. The lowest BCUT2D eigenvalue weighted by molar-refractivity contribution is -0.126. The fourth-order valence-electron chi connectivity index (χ4n) is 3.49. The summed E-state index contributed by atoms with van der Waals surface area (Å²) in [5, 5.41) is 2.94. The Labute approximate surface area is 170 Å². The molecule has 7 heteroatoms. The number of likely N-dealkylation sites (tertiary alicyclic amines) is 1. The Kier molecular flexibility index (Phi) is 6.36. The monoisotopic (exact) mass is 397 g/mol. The van der Waals surface area contributed by atoms with Crippen LogP contribution in [0.2, 0.25) is 0 Å². The summed E-state index contributed by atoms with van der Waals surface area (Å²) in [6, 6.07) is 10.1. The van der Waals surface area contributed by atoms with Crippen LogP contribution in [0.1, 0.15) is 37.0 Å². The van der Waals surface area contributed by atoms with Crippen LogP contribution in [0.3, 0.4) is 0 Å². The van der Waals surface area contributed by atoms with Crippen LogP contribution in [0.15, 0.2) is 47.4 Å². The van der Waals surface area contributed by atoms with Crippen molar-refractivity contribution in [2.24, 2.45) is 5.92 Å². The smallest absolute Gasteiger partial charge is 0.255 e. The molecule has 2 aromatic rings. The van der Waals surface area contributed by atoms with Gasteiger partial charge >= 0.3 is 0 Å². The Morgan fingerprint density at radius 2 is 1.72 bits per heavy atom. The third-order valence-corrected chi connectivity index (χ3v) is 5.09. The van der Waals surface area contributed by atoms with Crippen LogP contribution in [0.4, 0.5) is 0 Å². The maximum absolute atomic E-state index is 12.9. The van der Waals surface area contributed by atoms with E-state index in [0.29, 0.717) is 42.9 Å². The Bertz CT molecular complexity index is 926. The fraction of sp³-hybridized carbons (Fsp3) is 0.409. The van der Waals surface area contributed by atoms with Gasteiger partial charge in [-0.3, -0.25) is 19.0 Å². The zero-order valence-electron chi connectivity index (χ0n) is 17.1. The first-order valence-corrected chi connectivity index (χ1v) is 9.86. The van der Waals surface area contributed by atoms with Crippen LogP contribution in [-0.4, -0.2) is 47.5 Å². The minimum absolute atomic E-state index is 0.0557. The molecule has 1 fully saturated rings. The molecule has 0 bridgehead atoms. The normalized spacial score (nSPS) is 14.7. The van der Waals surface area contributed by atoms with Crippen LogP contribution < -0.4 is 15.6 Å². The summed E-state index contributed by atoms with van der Waals surface area (Å²) in [5.41, 5.74) is 0.899.